The van der Waals surface area contributed by atoms with E-state index in [0.717, 1.165) is 23.9 Å². The predicted octanol–water partition coefficient (Wildman–Crippen LogP) is 0.0561. The lowest BCUT2D eigenvalue weighted by Crippen LogP contribution is -2.38. The van der Waals surface area contributed by atoms with Crippen molar-refractivity contribution in [1.82, 2.24) is 4.90 Å². The molecule has 90 valence electrons. The van der Waals surface area contributed by atoms with Gasteiger partial charge in [0, 0.05) is 30.1 Å². The van der Waals surface area contributed by atoms with Crippen molar-refractivity contribution in [2.24, 2.45) is 0 Å². The van der Waals surface area contributed by atoms with E-state index in [1.54, 1.807) is 6.07 Å². The quantitative estimate of drug-likeness (QED) is 0.743. The molecule has 2 saturated heterocycles. The van der Waals surface area contributed by atoms with E-state index in [1.807, 2.05) is 18.2 Å². The van der Waals surface area contributed by atoms with Crippen molar-refractivity contribution < 1.29 is 10.0 Å². The number of rotatable bonds is 3. The summed E-state index contributed by atoms with van der Waals surface area (Å²) in [6.45, 7) is 1.99. The second kappa shape index (κ2) is 4.65. The Morgan fingerprint density at radius 2 is 2.18 bits per heavy atom. The highest BCUT2D eigenvalue weighted by Gasteiger charge is 2.38. The van der Waals surface area contributed by atoms with Crippen molar-refractivity contribution in [2.45, 2.75) is 24.3 Å². The number of hydrogen-bond acceptors (Lipinski definition) is 4. The van der Waals surface area contributed by atoms with Gasteiger partial charge in [0.2, 0.25) is 0 Å². The highest BCUT2D eigenvalue weighted by molar-refractivity contribution is 8.00. The zero-order chi connectivity index (χ0) is 11.8. The van der Waals surface area contributed by atoms with E-state index in [1.165, 1.54) is 12.2 Å². The van der Waals surface area contributed by atoms with Crippen LogP contribution in [0.4, 0.5) is 0 Å². The van der Waals surface area contributed by atoms with E-state index in [4.69, 9.17) is 0 Å². The van der Waals surface area contributed by atoms with Crippen LogP contribution in [-0.2, 0) is 6.54 Å². The monoisotopic (exact) mass is 249 g/mol. The molecule has 2 aliphatic heterocycles. The molecule has 17 heavy (non-hydrogen) atoms. The van der Waals surface area contributed by atoms with Crippen LogP contribution in [-0.4, -0.2) is 45.7 Å². The molecular weight excluding hydrogens is 233 g/mol. The van der Waals surface area contributed by atoms with Gasteiger partial charge in [-0.25, -0.2) is 0 Å². The van der Waals surface area contributed by atoms with Gasteiger partial charge in [-0.2, -0.15) is 11.8 Å². The number of fused-ring (bicyclic) bond motifs is 2. The molecule has 3 nitrogen and oxygen atoms in total. The van der Waals surface area contributed by atoms with Crippen LogP contribution in [0.15, 0.2) is 24.3 Å². The Kier molecular flexibility index (Phi) is 3.17. The molecule has 0 saturated carbocycles. The van der Waals surface area contributed by atoms with Crippen LogP contribution in [0.25, 0.3) is 0 Å². The standard InChI is InChI=1S/C12H16BNO2S/c15-13(16)12-4-2-1-3-9(12)6-14-7-11-5-10(14)8-17-11/h1-4,10-11,15-16H,5-8H2. The van der Waals surface area contributed by atoms with Crippen LogP contribution in [0.3, 0.4) is 0 Å². The van der Waals surface area contributed by atoms with Crippen molar-refractivity contribution in [3.8, 4) is 0 Å². The van der Waals surface area contributed by atoms with E-state index in [0.29, 0.717) is 11.5 Å². The molecule has 3 rings (SSSR count). The Hall–Kier alpha value is -0.485. The molecule has 1 aromatic rings. The summed E-state index contributed by atoms with van der Waals surface area (Å²) in [6.07, 6.45) is 1.30. The SMILES string of the molecule is OB(O)c1ccccc1CN1CC2CC1CS2. The lowest BCUT2D eigenvalue weighted by Gasteiger charge is -2.27. The molecule has 2 atom stereocenters. The van der Waals surface area contributed by atoms with Crippen molar-refractivity contribution in [3.63, 3.8) is 0 Å². The predicted molar refractivity (Wildman–Crippen MR) is 71.3 cm³/mol. The maximum atomic E-state index is 9.34. The topological polar surface area (TPSA) is 43.7 Å². The molecule has 2 N–H and O–H groups in total. The van der Waals surface area contributed by atoms with E-state index in [9.17, 15) is 10.0 Å². The lowest BCUT2D eigenvalue weighted by atomic mass is 9.77. The minimum atomic E-state index is -1.36. The molecular formula is C12H16BNO2S. The Morgan fingerprint density at radius 1 is 1.35 bits per heavy atom. The van der Waals surface area contributed by atoms with Gasteiger partial charge in [0.05, 0.1) is 0 Å². The van der Waals surface area contributed by atoms with Gasteiger partial charge in [0.1, 0.15) is 0 Å². The summed E-state index contributed by atoms with van der Waals surface area (Å²) in [6, 6.07) is 8.29. The fourth-order valence-corrected chi connectivity index (χ4v) is 4.32. The van der Waals surface area contributed by atoms with Gasteiger partial charge in [-0.1, -0.05) is 24.3 Å². The van der Waals surface area contributed by atoms with Crippen LogP contribution in [0, 0.1) is 0 Å². The van der Waals surface area contributed by atoms with Crippen LogP contribution in [0.5, 0.6) is 0 Å². The second-order valence-electron chi connectivity index (χ2n) is 4.85. The molecule has 2 fully saturated rings. The third kappa shape index (κ3) is 2.25. The Labute approximate surface area is 106 Å². The van der Waals surface area contributed by atoms with E-state index in [-0.39, 0.29) is 0 Å². The van der Waals surface area contributed by atoms with Crippen LogP contribution in [0.1, 0.15) is 12.0 Å². The molecule has 0 aliphatic carbocycles. The molecule has 0 aromatic heterocycles. The fourth-order valence-electron chi connectivity index (χ4n) is 2.82. The van der Waals surface area contributed by atoms with Gasteiger partial charge in [0.25, 0.3) is 0 Å². The van der Waals surface area contributed by atoms with Crippen molar-refractivity contribution >= 4 is 24.3 Å². The Balaban J connectivity index is 1.77. The van der Waals surface area contributed by atoms with Gasteiger partial charge >= 0.3 is 7.12 Å². The van der Waals surface area contributed by atoms with Gasteiger partial charge in [-0.05, 0) is 17.4 Å². The van der Waals surface area contributed by atoms with Crippen LogP contribution < -0.4 is 5.46 Å². The normalized spacial score (nSPS) is 27.6. The Morgan fingerprint density at radius 3 is 2.82 bits per heavy atom. The summed E-state index contributed by atoms with van der Waals surface area (Å²) in [4.78, 5) is 2.47. The van der Waals surface area contributed by atoms with E-state index >= 15 is 0 Å². The number of hydrogen-bond donors (Lipinski definition) is 2. The third-order valence-electron chi connectivity index (χ3n) is 3.72. The fraction of sp³-hybridized carbons (Fsp3) is 0.500. The van der Waals surface area contributed by atoms with Crippen LogP contribution in [0.2, 0.25) is 0 Å². The maximum Gasteiger partial charge on any atom is 0.488 e. The number of thioether (sulfide) groups is 1. The zero-order valence-corrected chi connectivity index (χ0v) is 10.4. The number of nitrogens with zero attached hydrogens (tertiary/aromatic N) is 1. The Bertz CT molecular complexity index is 415. The largest absolute Gasteiger partial charge is 0.488 e. The molecule has 0 spiro atoms. The van der Waals surface area contributed by atoms with Gasteiger partial charge in [0.15, 0.2) is 0 Å². The summed E-state index contributed by atoms with van der Waals surface area (Å²) in [5, 5.41) is 19.5. The van der Waals surface area contributed by atoms with Gasteiger partial charge in [-0.3, -0.25) is 4.90 Å². The minimum Gasteiger partial charge on any atom is -0.423 e. The van der Waals surface area contributed by atoms with E-state index < -0.39 is 7.12 Å². The molecule has 2 unspecified atom stereocenters. The molecule has 2 bridgehead atoms. The maximum absolute atomic E-state index is 9.34. The van der Waals surface area contributed by atoms with Crippen molar-refractivity contribution in [2.75, 3.05) is 12.3 Å². The van der Waals surface area contributed by atoms with E-state index in [2.05, 4.69) is 16.7 Å². The molecule has 5 heteroatoms. The first kappa shape index (κ1) is 11.6. The average molecular weight is 249 g/mol. The van der Waals surface area contributed by atoms with Crippen molar-refractivity contribution in [1.29, 1.82) is 0 Å². The first-order valence-electron chi connectivity index (χ1n) is 6.03. The minimum absolute atomic E-state index is 0.642. The average Bonchev–Trinajstić information content (AvgIpc) is 2.91. The molecule has 0 amide bonds. The number of benzene rings is 1. The van der Waals surface area contributed by atoms with Gasteiger partial charge < -0.3 is 10.0 Å². The van der Waals surface area contributed by atoms with Gasteiger partial charge in [-0.15, -0.1) is 0 Å². The highest BCUT2D eigenvalue weighted by atomic mass is 32.2. The number of likely N-dealkylation sites (tertiary alicyclic amines) is 1. The molecule has 1 aromatic carbocycles. The summed E-state index contributed by atoms with van der Waals surface area (Å²) in [7, 11) is -1.36. The summed E-state index contributed by atoms with van der Waals surface area (Å²) in [5.74, 6) is 1.23. The lowest BCUT2D eigenvalue weighted by molar-refractivity contribution is 0.261. The van der Waals surface area contributed by atoms with Crippen molar-refractivity contribution in [3.05, 3.63) is 29.8 Å². The molecule has 2 heterocycles. The smallest absolute Gasteiger partial charge is 0.423 e. The first-order valence-corrected chi connectivity index (χ1v) is 7.08. The summed E-state index contributed by atoms with van der Waals surface area (Å²) >= 11 is 2.08. The van der Waals surface area contributed by atoms with Crippen LogP contribution >= 0.6 is 11.8 Å². The molecule has 2 aliphatic rings. The summed E-state index contributed by atoms with van der Waals surface area (Å²) < 4.78 is 0. The molecule has 0 radical (unpaired) electrons. The zero-order valence-electron chi connectivity index (χ0n) is 9.62. The highest BCUT2D eigenvalue weighted by Crippen LogP contribution is 2.37. The second-order valence-corrected chi connectivity index (χ2v) is 6.18. The third-order valence-corrected chi connectivity index (χ3v) is 5.11. The first-order chi connectivity index (χ1) is 8.24. The summed E-state index contributed by atoms with van der Waals surface area (Å²) in [5.41, 5.74) is 1.68.